The molecule has 0 spiro atoms. The van der Waals surface area contributed by atoms with Crippen molar-refractivity contribution in [1.82, 2.24) is 9.88 Å². The van der Waals surface area contributed by atoms with Crippen LogP contribution < -0.4 is 5.73 Å². The monoisotopic (exact) mass is 305 g/mol. The van der Waals surface area contributed by atoms with E-state index in [2.05, 4.69) is 4.98 Å². The molecular weight excluding hydrogens is 282 g/mol. The first-order valence-corrected chi connectivity index (χ1v) is 8.04. The lowest BCUT2D eigenvalue weighted by molar-refractivity contribution is -0.137. The molecule has 21 heavy (non-hydrogen) atoms. The average molecular weight is 305 g/mol. The molecule has 0 aromatic carbocycles. The van der Waals surface area contributed by atoms with Gasteiger partial charge in [0.1, 0.15) is 0 Å². The molecule has 0 atom stereocenters. The maximum Gasteiger partial charge on any atom is 0.226 e. The minimum Gasteiger partial charge on any atom is -0.393 e. The molecule has 4 nitrogen and oxygen atoms in total. The van der Waals surface area contributed by atoms with E-state index in [-0.39, 0.29) is 11.8 Å². The van der Waals surface area contributed by atoms with Gasteiger partial charge in [0.15, 0.2) is 0 Å². The van der Waals surface area contributed by atoms with Gasteiger partial charge < -0.3 is 10.6 Å². The fraction of sp³-hybridized carbons (Fsp3) is 0.562. The van der Waals surface area contributed by atoms with Gasteiger partial charge in [-0.05, 0) is 25.0 Å². The predicted octanol–water partition coefficient (Wildman–Crippen LogP) is 2.67. The summed E-state index contributed by atoms with van der Waals surface area (Å²) in [6.07, 6.45) is 7.89. The van der Waals surface area contributed by atoms with Gasteiger partial charge in [-0.1, -0.05) is 37.5 Å². The van der Waals surface area contributed by atoms with Crippen molar-refractivity contribution in [3.8, 4) is 0 Å². The summed E-state index contributed by atoms with van der Waals surface area (Å²) >= 11 is 4.95. The van der Waals surface area contributed by atoms with Gasteiger partial charge in [0.2, 0.25) is 5.91 Å². The average Bonchev–Trinajstić information content (AvgIpc) is 2.52. The van der Waals surface area contributed by atoms with Gasteiger partial charge >= 0.3 is 0 Å². The third kappa shape index (κ3) is 5.08. The smallest absolute Gasteiger partial charge is 0.226 e. The molecule has 0 unspecified atom stereocenters. The molecule has 0 aliphatic heterocycles. The van der Waals surface area contributed by atoms with Crippen LogP contribution in [-0.2, 0) is 11.3 Å². The van der Waals surface area contributed by atoms with Crippen LogP contribution in [-0.4, -0.2) is 27.3 Å². The van der Waals surface area contributed by atoms with Gasteiger partial charge in [-0.15, -0.1) is 0 Å². The van der Waals surface area contributed by atoms with E-state index in [0.717, 1.165) is 31.4 Å². The highest BCUT2D eigenvalue weighted by Gasteiger charge is 2.26. The number of pyridine rings is 1. The Morgan fingerprint density at radius 1 is 1.33 bits per heavy atom. The molecule has 0 radical (unpaired) electrons. The van der Waals surface area contributed by atoms with Crippen LogP contribution in [0, 0.1) is 5.92 Å². The Morgan fingerprint density at radius 2 is 2.10 bits per heavy atom. The summed E-state index contributed by atoms with van der Waals surface area (Å²) in [7, 11) is 0. The summed E-state index contributed by atoms with van der Waals surface area (Å²) in [5.41, 5.74) is 6.50. The number of thiocarbonyl (C=S) groups is 1. The highest BCUT2D eigenvalue weighted by molar-refractivity contribution is 7.80. The van der Waals surface area contributed by atoms with Gasteiger partial charge in [0, 0.05) is 25.1 Å². The predicted molar refractivity (Wildman–Crippen MR) is 87.6 cm³/mol. The molecule has 1 amide bonds. The quantitative estimate of drug-likeness (QED) is 0.821. The Bertz CT molecular complexity index is 472. The number of aromatic nitrogens is 1. The number of hydrogen-bond donors (Lipinski definition) is 1. The van der Waals surface area contributed by atoms with E-state index < -0.39 is 0 Å². The third-order valence-corrected chi connectivity index (χ3v) is 4.18. The van der Waals surface area contributed by atoms with Crippen molar-refractivity contribution >= 4 is 23.1 Å². The van der Waals surface area contributed by atoms with Crippen LogP contribution in [0.25, 0.3) is 0 Å². The third-order valence-electron chi connectivity index (χ3n) is 3.97. The van der Waals surface area contributed by atoms with Gasteiger partial charge in [-0.3, -0.25) is 9.78 Å². The lowest BCUT2D eigenvalue weighted by Crippen LogP contribution is -2.38. The maximum absolute atomic E-state index is 12.7. The zero-order chi connectivity index (χ0) is 15.1. The van der Waals surface area contributed by atoms with Crippen molar-refractivity contribution in [3.05, 3.63) is 30.1 Å². The minimum absolute atomic E-state index is 0.161. The van der Waals surface area contributed by atoms with E-state index in [4.69, 9.17) is 18.0 Å². The highest BCUT2D eigenvalue weighted by atomic mass is 32.1. The summed E-state index contributed by atoms with van der Waals surface area (Å²) in [6.45, 7) is 1.13. The Labute approximate surface area is 131 Å². The SMILES string of the molecule is NC(=S)CCN(Cc1ccccn1)C(=O)C1CCCCC1. The number of rotatable bonds is 6. The van der Waals surface area contributed by atoms with Gasteiger partial charge in [0.25, 0.3) is 0 Å². The number of carbonyl (C=O) groups is 1. The molecule has 0 saturated heterocycles. The zero-order valence-electron chi connectivity index (χ0n) is 12.3. The van der Waals surface area contributed by atoms with E-state index in [9.17, 15) is 4.79 Å². The van der Waals surface area contributed by atoms with Crippen molar-refractivity contribution in [1.29, 1.82) is 0 Å². The van der Waals surface area contributed by atoms with Crippen LogP contribution in [0.4, 0.5) is 0 Å². The second-order valence-electron chi connectivity index (χ2n) is 5.63. The second-order valence-corrected chi connectivity index (χ2v) is 6.16. The van der Waals surface area contributed by atoms with Crippen molar-refractivity contribution in [2.45, 2.75) is 45.1 Å². The lowest BCUT2D eigenvalue weighted by atomic mass is 9.88. The molecule has 0 bridgehead atoms. The molecule has 114 valence electrons. The zero-order valence-corrected chi connectivity index (χ0v) is 13.1. The number of amides is 1. The van der Waals surface area contributed by atoms with E-state index >= 15 is 0 Å². The molecule has 1 fully saturated rings. The minimum atomic E-state index is 0.161. The second kappa shape index (κ2) is 8.08. The molecule has 1 saturated carbocycles. The Morgan fingerprint density at radius 3 is 2.71 bits per heavy atom. The fourth-order valence-electron chi connectivity index (χ4n) is 2.81. The Balaban J connectivity index is 2.03. The van der Waals surface area contributed by atoms with Crippen molar-refractivity contribution in [2.75, 3.05) is 6.54 Å². The standard InChI is InChI=1S/C16H23N3OS/c17-15(21)9-11-19(12-14-8-4-5-10-18-14)16(20)13-6-2-1-3-7-13/h4-5,8,10,13H,1-3,6-7,9,11-12H2,(H2,17,21). The summed E-state index contributed by atoms with van der Waals surface area (Å²) in [5.74, 6) is 0.394. The normalized spacial score (nSPS) is 15.6. The van der Waals surface area contributed by atoms with Crippen LogP contribution >= 0.6 is 12.2 Å². The molecular formula is C16H23N3OS. The van der Waals surface area contributed by atoms with Gasteiger partial charge in [-0.25, -0.2) is 0 Å². The highest BCUT2D eigenvalue weighted by Crippen LogP contribution is 2.26. The van der Waals surface area contributed by atoms with Crippen LogP contribution in [0.3, 0.4) is 0 Å². The number of nitrogens with two attached hydrogens (primary N) is 1. The first kappa shape index (κ1) is 15.9. The summed E-state index contributed by atoms with van der Waals surface area (Å²) < 4.78 is 0. The van der Waals surface area contributed by atoms with Crippen LogP contribution in [0.15, 0.2) is 24.4 Å². The number of nitrogens with zero attached hydrogens (tertiary/aromatic N) is 2. The van der Waals surface area contributed by atoms with E-state index in [0.29, 0.717) is 24.5 Å². The summed E-state index contributed by atoms with van der Waals surface area (Å²) in [6, 6.07) is 5.77. The van der Waals surface area contributed by atoms with Gasteiger partial charge in [0.05, 0.1) is 17.2 Å². The van der Waals surface area contributed by atoms with E-state index in [1.165, 1.54) is 6.42 Å². The Kier molecular flexibility index (Phi) is 6.11. The van der Waals surface area contributed by atoms with E-state index in [1.807, 2.05) is 23.1 Å². The topological polar surface area (TPSA) is 59.2 Å². The molecule has 2 rings (SSSR count). The van der Waals surface area contributed by atoms with Crippen molar-refractivity contribution in [3.63, 3.8) is 0 Å². The largest absolute Gasteiger partial charge is 0.393 e. The first-order chi connectivity index (χ1) is 10.2. The summed E-state index contributed by atoms with van der Waals surface area (Å²) in [5, 5.41) is 0. The molecule has 1 aromatic rings. The number of carbonyl (C=O) groups excluding carboxylic acids is 1. The molecule has 2 N–H and O–H groups in total. The lowest BCUT2D eigenvalue weighted by Gasteiger charge is -2.29. The Hall–Kier alpha value is -1.49. The van der Waals surface area contributed by atoms with Crippen molar-refractivity contribution < 1.29 is 4.79 Å². The molecule has 5 heteroatoms. The molecule has 1 aliphatic carbocycles. The van der Waals surface area contributed by atoms with E-state index in [1.54, 1.807) is 6.20 Å². The van der Waals surface area contributed by atoms with Gasteiger partial charge in [-0.2, -0.15) is 0 Å². The van der Waals surface area contributed by atoms with Crippen LogP contribution in [0.2, 0.25) is 0 Å². The fourth-order valence-corrected chi connectivity index (χ4v) is 2.90. The molecule has 1 heterocycles. The summed E-state index contributed by atoms with van der Waals surface area (Å²) in [4.78, 5) is 19.4. The first-order valence-electron chi connectivity index (χ1n) is 7.64. The molecule has 1 aliphatic rings. The maximum atomic E-state index is 12.7. The van der Waals surface area contributed by atoms with Crippen LogP contribution in [0.1, 0.15) is 44.2 Å². The van der Waals surface area contributed by atoms with Crippen molar-refractivity contribution in [2.24, 2.45) is 11.7 Å². The number of hydrogen-bond acceptors (Lipinski definition) is 3. The van der Waals surface area contributed by atoms with Crippen LogP contribution in [0.5, 0.6) is 0 Å². The molecule has 1 aromatic heterocycles.